The van der Waals surface area contributed by atoms with Gasteiger partial charge in [-0.15, -0.1) is 0 Å². The van der Waals surface area contributed by atoms with Gasteiger partial charge in [-0.25, -0.2) is 25.3 Å². The lowest BCUT2D eigenvalue weighted by Crippen LogP contribution is -2.25. The molecule has 0 atom stereocenters. The summed E-state index contributed by atoms with van der Waals surface area (Å²) in [6, 6.07) is 17.1. The first kappa shape index (κ1) is 26.0. The Morgan fingerprint density at radius 1 is 0.588 bits per heavy atom. The van der Waals surface area contributed by atoms with Gasteiger partial charge in [0.1, 0.15) is 4.90 Å². The minimum absolute atomic E-state index is 0.110. The average Bonchev–Trinajstić information content (AvgIpc) is 2.76. The molecule has 0 aliphatic rings. The minimum Gasteiger partial charge on any atom is -0.305 e. The van der Waals surface area contributed by atoms with Crippen LogP contribution in [0, 0.1) is 0 Å². The third kappa shape index (κ3) is 4.79. The molecule has 0 amide bonds. The maximum atomic E-state index is 14.4. The zero-order valence-corrected chi connectivity index (χ0v) is 21.7. The molecule has 8 nitrogen and oxygen atoms in total. The lowest BCUT2D eigenvalue weighted by Gasteiger charge is -2.21. The zero-order chi connectivity index (χ0) is 25.5. The van der Waals surface area contributed by atoms with Gasteiger partial charge in [0.15, 0.2) is 29.5 Å². The molecule has 0 aliphatic carbocycles. The van der Waals surface area contributed by atoms with Crippen molar-refractivity contribution in [2.75, 3.05) is 18.8 Å². The van der Waals surface area contributed by atoms with E-state index < -0.39 is 62.4 Å². The highest BCUT2D eigenvalue weighted by atomic mass is 32.2. The maximum absolute atomic E-state index is 14.4. The van der Waals surface area contributed by atoms with Gasteiger partial charge in [0.05, 0.1) is 9.79 Å². The van der Waals surface area contributed by atoms with Crippen molar-refractivity contribution in [2.24, 2.45) is 0 Å². The molecule has 0 N–H and O–H groups in total. The van der Waals surface area contributed by atoms with E-state index in [9.17, 15) is 34.6 Å². The lowest BCUT2D eigenvalue weighted by atomic mass is 10.2. The van der Waals surface area contributed by atoms with E-state index in [1.807, 2.05) is 0 Å². The Morgan fingerprint density at radius 3 is 1.35 bits per heavy atom. The van der Waals surface area contributed by atoms with Crippen molar-refractivity contribution < 1.29 is 34.6 Å². The third-order valence-electron chi connectivity index (χ3n) is 4.97. The lowest BCUT2D eigenvalue weighted by molar-refractivity contribution is 0.107. The molecule has 3 aromatic carbocycles. The van der Waals surface area contributed by atoms with E-state index >= 15 is 0 Å². The second-order valence-electron chi connectivity index (χ2n) is 7.67. The number of carbonyl (C=O) groups excluding carboxylic acids is 1. The summed E-state index contributed by atoms with van der Waals surface area (Å²) in [4.78, 5) is 11.1. The minimum atomic E-state index is -4.49. The summed E-state index contributed by atoms with van der Waals surface area (Å²) < 4.78 is 89.9. The first-order valence-electron chi connectivity index (χ1n) is 9.63. The van der Waals surface area contributed by atoms with Crippen molar-refractivity contribution in [1.82, 2.24) is 0 Å². The molecule has 0 saturated carbocycles. The van der Waals surface area contributed by atoms with Crippen LogP contribution in [-0.2, 0) is 34.1 Å². The Morgan fingerprint density at radius 2 is 1.00 bits per heavy atom. The Bertz CT molecular complexity index is 1600. The van der Waals surface area contributed by atoms with Crippen LogP contribution in [0.4, 0.5) is 0 Å². The smallest absolute Gasteiger partial charge is 0.231 e. The summed E-state index contributed by atoms with van der Waals surface area (Å²) in [6.07, 6.45) is 2.03. The highest BCUT2D eigenvalue weighted by Crippen LogP contribution is 2.48. The average molecular weight is 541 g/mol. The molecule has 0 heterocycles. The van der Waals surface area contributed by atoms with Gasteiger partial charge in [0.25, 0.3) is 0 Å². The molecule has 0 aromatic heterocycles. The molecule has 3 rings (SSSR count). The Kier molecular flexibility index (Phi) is 6.80. The van der Waals surface area contributed by atoms with Crippen LogP contribution in [0.15, 0.2) is 87.5 Å². The number of benzene rings is 3. The summed E-state index contributed by atoms with van der Waals surface area (Å²) in [7, 11) is -17.4. The summed E-state index contributed by atoms with van der Waals surface area (Å²) in [5.41, 5.74) is -1.79. The fourth-order valence-corrected chi connectivity index (χ4v) is 10.6. The van der Waals surface area contributed by atoms with Crippen molar-refractivity contribution in [3.8, 4) is 0 Å². The van der Waals surface area contributed by atoms with Gasteiger partial charge >= 0.3 is 0 Å². The zero-order valence-electron chi connectivity index (χ0n) is 18.4. The standard InChI is InChI=1S/C22H21O8PS3/c1-32(25,26)19-15-14-18(20(33(2,27)28)21(19)34(3,29)30)22(23)31(24,16-10-6-4-7-11-16)17-12-8-5-9-13-17/h4-15H,1-3H3. The highest BCUT2D eigenvalue weighted by Gasteiger charge is 2.41. The maximum Gasteiger partial charge on any atom is 0.231 e. The van der Waals surface area contributed by atoms with Crippen LogP contribution < -0.4 is 10.6 Å². The first-order chi connectivity index (χ1) is 15.6. The topological polar surface area (TPSA) is 137 Å². The van der Waals surface area contributed by atoms with Crippen LogP contribution in [-0.4, -0.2) is 49.5 Å². The number of rotatable bonds is 7. The second-order valence-corrected chi connectivity index (χ2v) is 16.2. The molecule has 3 aromatic rings. The quantitative estimate of drug-likeness (QED) is 0.416. The van der Waals surface area contributed by atoms with E-state index in [4.69, 9.17) is 0 Å². The molecular weight excluding hydrogens is 519 g/mol. The Labute approximate surface area is 198 Å². The monoisotopic (exact) mass is 540 g/mol. The van der Waals surface area contributed by atoms with Gasteiger partial charge in [0, 0.05) is 34.9 Å². The van der Waals surface area contributed by atoms with Crippen LogP contribution in [0.3, 0.4) is 0 Å². The van der Waals surface area contributed by atoms with Crippen molar-refractivity contribution >= 4 is 52.8 Å². The molecule has 12 heteroatoms. The number of sulfone groups is 3. The van der Waals surface area contributed by atoms with Crippen molar-refractivity contribution in [3.63, 3.8) is 0 Å². The van der Waals surface area contributed by atoms with Crippen molar-refractivity contribution in [1.29, 1.82) is 0 Å². The van der Waals surface area contributed by atoms with E-state index in [-0.39, 0.29) is 10.6 Å². The van der Waals surface area contributed by atoms with Crippen LogP contribution in [0.5, 0.6) is 0 Å². The van der Waals surface area contributed by atoms with E-state index in [0.717, 1.165) is 18.4 Å². The summed E-state index contributed by atoms with van der Waals surface area (Å²) >= 11 is 0. The van der Waals surface area contributed by atoms with Gasteiger partial charge in [-0.1, -0.05) is 60.7 Å². The number of carbonyl (C=O) groups is 1. The molecule has 0 bridgehead atoms. The Balaban J connectivity index is 2.52. The van der Waals surface area contributed by atoms with E-state index in [2.05, 4.69) is 0 Å². The highest BCUT2D eigenvalue weighted by molar-refractivity contribution is 7.96. The van der Waals surface area contributed by atoms with E-state index in [1.165, 1.54) is 24.3 Å². The predicted octanol–water partition coefficient (Wildman–Crippen LogP) is 2.05. The molecule has 0 aliphatic heterocycles. The van der Waals surface area contributed by atoms with Gasteiger partial charge in [-0.05, 0) is 12.1 Å². The molecular formula is C22H21O8PS3. The van der Waals surface area contributed by atoms with Crippen LogP contribution in [0.25, 0.3) is 0 Å². The molecule has 0 spiro atoms. The van der Waals surface area contributed by atoms with Crippen molar-refractivity contribution in [2.45, 2.75) is 14.7 Å². The molecule has 34 heavy (non-hydrogen) atoms. The SMILES string of the molecule is CS(=O)(=O)c1ccc(C(=O)P(=O)(c2ccccc2)c2ccccc2)c(S(C)(=O)=O)c1S(C)(=O)=O. The number of hydrogen-bond acceptors (Lipinski definition) is 8. The normalized spacial score (nSPS) is 12.9. The van der Waals surface area contributed by atoms with Gasteiger partial charge < -0.3 is 4.57 Å². The molecule has 0 saturated heterocycles. The summed E-state index contributed by atoms with van der Waals surface area (Å²) in [5.74, 6) is 0. The summed E-state index contributed by atoms with van der Waals surface area (Å²) in [6.45, 7) is 0. The fraction of sp³-hybridized carbons (Fsp3) is 0.136. The van der Waals surface area contributed by atoms with E-state index in [1.54, 1.807) is 36.4 Å². The first-order valence-corrected chi connectivity index (χ1v) is 17.0. The molecule has 0 fully saturated rings. The van der Waals surface area contributed by atoms with E-state index in [0.29, 0.717) is 12.5 Å². The Hall–Kier alpha value is -2.59. The van der Waals surface area contributed by atoms with Crippen LogP contribution >= 0.6 is 7.14 Å². The van der Waals surface area contributed by atoms with Crippen molar-refractivity contribution in [3.05, 3.63) is 78.4 Å². The summed E-state index contributed by atoms with van der Waals surface area (Å²) in [5, 5.41) is 0.220. The molecule has 0 unspecified atom stereocenters. The number of hydrogen-bond donors (Lipinski definition) is 0. The molecule has 180 valence electrons. The van der Waals surface area contributed by atoms with Gasteiger partial charge in [-0.3, -0.25) is 4.79 Å². The largest absolute Gasteiger partial charge is 0.305 e. The third-order valence-corrected chi connectivity index (χ3v) is 11.6. The van der Waals surface area contributed by atoms with Crippen LogP contribution in [0.2, 0.25) is 0 Å². The van der Waals surface area contributed by atoms with Gasteiger partial charge in [-0.2, -0.15) is 0 Å². The van der Waals surface area contributed by atoms with Gasteiger partial charge in [0.2, 0.25) is 12.7 Å². The predicted molar refractivity (Wildman–Crippen MR) is 130 cm³/mol. The second kappa shape index (κ2) is 8.88. The van der Waals surface area contributed by atoms with Crippen LogP contribution in [0.1, 0.15) is 10.4 Å². The molecule has 0 radical (unpaired) electrons. The fourth-order valence-electron chi connectivity index (χ4n) is 3.55.